The van der Waals surface area contributed by atoms with E-state index in [9.17, 15) is 4.79 Å². The second-order valence-electron chi connectivity index (χ2n) is 8.30. The summed E-state index contributed by atoms with van der Waals surface area (Å²) in [5.41, 5.74) is 7.96. The molecule has 2 N–H and O–H groups in total. The molecule has 0 bridgehead atoms. The van der Waals surface area contributed by atoms with E-state index in [1.54, 1.807) is 0 Å². The highest BCUT2D eigenvalue weighted by Crippen LogP contribution is 2.30. The molecule has 1 atom stereocenters. The Kier molecular flexibility index (Phi) is 5.42. The molecule has 1 aliphatic heterocycles. The Balaban J connectivity index is 2.49. The van der Waals surface area contributed by atoms with Crippen molar-refractivity contribution in [2.75, 3.05) is 13.1 Å². The molecule has 3 heteroatoms. The maximum absolute atomic E-state index is 12.3. The van der Waals surface area contributed by atoms with Crippen molar-refractivity contribution in [1.82, 2.24) is 4.90 Å². The lowest BCUT2D eigenvalue weighted by Gasteiger charge is -2.33. The van der Waals surface area contributed by atoms with E-state index in [4.69, 9.17) is 5.73 Å². The SMILES string of the molecule is CC(C)(C)CC(N)CC(=O)N1CC=C(C(C)(C)C)CC1. The molecule has 1 heterocycles. The largest absolute Gasteiger partial charge is 0.339 e. The lowest BCUT2D eigenvalue weighted by Crippen LogP contribution is -2.40. The first-order chi connectivity index (χ1) is 8.99. The quantitative estimate of drug-likeness (QED) is 0.806. The number of amides is 1. The highest BCUT2D eigenvalue weighted by atomic mass is 16.2. The molecule has 116 valence electrons. The molecule has 0 spiro atoms. The second-order valence-corrected chi connectivity index (χ2v) is 8.30. The van der Waals surface area contributed by atoms with Gasteiger partial charge < -0.3 is 10.6 Å². The van der Waals surface area contributed by atoms with E-state index in [1.807, 2.05) is 4.90 Å². The lowest BCUT2D eigenvalue weighted by atomic mass is 9.83. The van der Waals surface area contributed by atoms with Crippen molar-refractivity contribution in [3.8, 4) is 0 Å². The molecule has 0 radical (unpaired) electrons. The van der Waals surface area contributed by atoms with Gasteiger partial charge >= 0.3 is 0 Å². The normalized spacial score (nSPS) is 18.8. The zero-order valence-electron chi connectivity index (χ0n) is 14.1. The first kappa shape index (κ1) is 17.2. The predicted molar refractivity (Wildman–Crippen MR) is 85.4 cm³/mol. The van der Waals surface area contributed by atoms with Crippen LogP contribution < -0.4 is 5.73 Å². The zero-order chi connectivity index (χ0) is 15.6. The molecule has 0 saturated heterocycles. The van der Waals surface area contributed by atoms with Crippen LogP contribution in [0.4, 0.5) is 0 Å². The van der Waals surface area contributed by atoms with Crippen LogP contribution in [0.25, 0.3) is 0 Å². The summed E-state index contributed by atoms with van der Waals surface area (Å²) in [6, 6.07) is -0.0320. The molecular weight excluding hydrogens is 248 g/mol. The second kappa shape index (κ2) is 6.30. The van der Waals surface area contributed by atoms with Crippen LogP contribution in [-0.2, 0) is 4.79 Å². The molecule has 1 unspecified atom stereocenters. The van der Waals surface area contributed by atoms with Crippen molar-refractivity contribution in [3.05, 3.63) is 11.6 Å². The number of nitrogens with two attached hydrogens (primary N) is 1. The van der Waals surface area contributed by atoms with Crippen molar-refractivity contribution >= 4 is 5.91 Å². The van der Waals surface area contributed by atoms with E-state index in [0.29, 0.717) is 6.42 Å². The van der Waals surface area contributed by atoms with E-state index in [-0.39, 0.29) is 22.8 Å². The molecule has 0 saturated carbocycles. The summed E-state index contributed by atoms with van der Waals surface area (Å²) in [5, 5.41) is 0. The Labute approximate surface area is 124 Å². The monoisotopic (exact) mass is 280 g/mol. The molecule has 1 aliphatic rings. The van der Waals surface area contributed by atoms with Crippen molar-refractivity contribution in [2.45, 2.75) is 66.8 Å². The number of rotatable bonds is 3. The summed E-state index contributed by atoms with van der Waals surface area (Å²) in [6.45, 7) is 14.8. The van der Waals surface area contributed by atoms with Gasteiger partial charge in [0.25, 0.3) is 0 Å². The van der Waals surface area contributed by atoms with Gasteiger partial charge in [-0.05, 0) is 23.7 Å². The molecule has 20 heavy (non-hydrogen) atoms. The first-order valence-corrected chi connectivity index (χ1v) is 7.72. The summed E-state index contributed by atoms with van der Waals surface area (Å²) in [5.74, 6) is 0.200. The van der Waals surface area contributed by atoms with Crippen LogP contribution in [0.5, 0.6) is 0 Å². The maximum atomic E-state index is 12.3. The number of hydrogen-bond donors (Lipinski definition) is 1. The number of carbonyl (C=O) groups is 1. The summed E-state index contributed by atoms with van der Waals surface area (Å²) in [7, 11) is 0. The fourth-order valence-electron chi connectivity index (χ4n) is 2.79. The molecular formula is C17H32N2O. The average Bonchev–Trinajstić information content (AvgIpc) is 2.25. The van der Waals surface area contributed by atoms with Gasteiger partial charge in [-0.1, -0.05) is 53.2 Å². The number of carbonyl (C=O) groups excluding carboxylic acids is 1. The van der Waals surface area contributed by atoms with Gasteiger partial charge in [0.2, 0.25) is 5.91 Å². The van der Waals surface area contributed by atoms with E-state index in [1.165, 1.54) is 5.57 Å². The van der Waals surface area contributed by atoms with Gasteiger partial charge in [0.15, 0.2) is 0 Å². The zero-order valence-corrected chi connectivity index (χ0v) is 14.1. The van der Waals surface area contributed by atoms with E-state index < -0.39 is 0 Å². The van der Waals surface area contributed by atoms with Crippen LogP contribution in [0.15, 0.2) is 11.6 Å². The Hall–Kier alpha value is -0.830. The van der Waals surface area contributed by atoms with Gasteiger partial charge in [0, 0.05) is 25.6 Å². The molecule has 3 nitrogen and oxygen atoms in total. The molecule has 1 amide bonds. The fraction of sp³-hybridized carbons (Fsp3) is 0.824. The molecule has 0 aromatic carbocycles. The summed E-state index contributed by atoms with van der Waals surface area (Å²) in [4.78, 5) is 14.2. The Morgan fingerprint density at radius 1 is 1.30 bits per heavy atom. The molecule has 0 aliphatic carbocycles. The third kappa shape index (κ3) is 5.66. The topological polar surface area (TPSA) is 46.3 Å². The average molecular weight is 280 g/mol. The van der Waals surface area contributed by atoms with Crippen LogP contribution in [0.1, 0.15) is 60.8 Å². The lowest BCUT2D eigenvalue weighted by molar-refractivity contribution is -0.131. The van der Waals surface area contributed by atoms with Gasteiger partial charge in [-0.2, -0.15) is 0 Å². The fourth-order valence-corrected chi connectivity index (χ4v) is 2.79. The summed E-state index contributed by atoms with van der Waals surface area (Å²) in [6.07, 6.45) is 4.56. The highest BCUT2D eigenvalue weighted by Gasteiger charge is 2.25. The maximum Gasteiger partial charge on any atom is 0.224 e. The van der Waals surface area contributed by atoms with Gasteiger partial charge in [-0.3, -0.25) is 4.79 Å². The summed E-state index contributed by atoms with van der Waals surface area (Å²) >= 11 is 0. The van der Waals surface area contributed by atoms with Crippen LogP contribution in [0.3, 0.4) is 0 Å². The highest BCUT2D eigenvalue weighted by molar-refractivity contribution is 5.77. The van der Waals surface area contributed by atoms with Crippen molar-refractivity contribution in [3.63, 3.8) is 0 Å². The first-order valence-electron chi connectivity index (χ1n) is 7.72. The van der Waals surface area contributed by atoms with Crippen LogP contribution >= 0.6 is 0 Å². The Morgan fingerprint density at radius 2 is 1.90 bits per heavy atom. The Morgan fingerprint density at radius 3 is 2.30 bits per heavy atom. The Bertz CT molecular complexity index is 371. The smallest absolute Gasteiger partial charge is 0.224 e. The van der Waals surface area contributed by atoms with Gasteiger partial charge in [0.05, 0.1) is 0 Å². The van der Waals surface area contributed by atoms with E-state index >= 15 is 0 Å². The third-order valence-electron chi connectivity index (χ3n) is 3.84. The minimum absolute atomic E-state index is 0.0320. The third-order valence-corrected chi connectivity index (χ3v) is 3.84. The van der Waals surface area contributed by atoms with Gasteiger partial charge in [-0.15, -0.1) is 0 Å². The van der Waals surface area contributed by atoms with Crippen LogP contribution in [0.2, 0.25) is 0 Å². The molecule has 0 fully saturated rings. The minimum Gasteiger partial charge on any atom is -0.339 e. The van der Waals surface area contributed by atoms with Crippen molar-refractivity contribution in [1.29, 1.82) is 0 Å². The summed E-state index contributed by atoms with van der Waals surface area (Å²) < 4.78 is 0. The van der Waals surface area contributed by atoms with E-state index in [0.717, 1.165) is 25.9 Å². The van der Waals surface area contributed by atoms with Gasteiger partial charge in [-0.25, -0.2) is 0 Å². The van der Waals surface area contributed by atoms with Crippen LogP contribution in [0, 0.1) is 10.8 Å². The van der Waals surface area contributed by atoms with E-state index in [2.05, 4.69) is 47.6 Å². The molecule has 0 aromatic heterocycles. The molecule has 0 aromatic rings. The number of hydrogen-bond acceptors (Lipinski definition) is 2. The van der Waals surface area contributed by atoms with Crippen LogP contribution in [-0.4, -0.2) is 29.9 Å². The van der Waals surface area contributed by atoms with Crippen molar-refractivity contribution < 1.29 is 4.79 Å². The van der Waals surface area contributed by atoms with Crippen molar-refractivity contribution in [2.24, 2.45) is 16.6 Å². The van der Waals surface area contributed by atoms with Gasteiger partial charge in [0.1, 0.15) is 0 Å². The minimum atomic E-state index is -0.0320. The number of nitrogens with zero attached hydrogens (tertiary/aromatic N) is 1. The molecule has 1 rings (SSSR count). The standard InChI is InChI=1S/C17H32N2O/c1-16(2,3)12-14(18)11-15(20)19-9-7-13(8-10-19)17(4,5)6/h7,14H,8-12,18H2,1-6H3. The predicted octanol–water partition coefficient (Wildman–Crippen LogP) is 3.34.